The van der Waals surface area contributed by atoms with Crippen molar-refractivity contribution in [3.05, 3.63) is 40.9 Å². The molecule has 3 rings (SSSR count). The molecule has 0 bridgehead atoms. The van der Waals surface area contributed by atoms with Gasteiger partial charge in [-0.25, -0.2) is 0 Å². The van der Waals surface area contributed by atoms with Gasteiger partial charge in [-0.3, -0.25) is 0 Å². The highest BCUT2D eigenvalue weighted by Crippen LogP contribution is 2.57. The van der Waals surface area contributed by atoms with Crippen LogP contribution in [0.3, 0.4) is 0 Å². The predicted octanol–water partition coefficient (Wildman–Crippen LogP) is 4.69. The molecule has 0 radical (unpaired) electrons. The van der Waals surface area contributed by atoms with Crippen LogP contribution in [0, 0.1) is 5.41 Å². The van der Waals surface area contributed by atoms with E-state index in [0.29, 0.717) is 5.41 Å². The summed E-state index contributed by atoms with van der Waals surface area (Å²) in [5.41, 5.74) is 3.60. The minimum atomic E-state index is 0.698. The average Bonchev–Trinajstić information content (AvgIpc) is 2.99. The van der Waals surface area contributed by atoms with Gasteiger partial charge in [-0.2, -0.15) is 0 Å². The Hall–Kier alpha value is -0.750. The molecule has 2 aliphatic carbocycles. The maximum atomic E-state index is 5.90. The molecule has 0 aromatic heterocycles. The highest BCUT2D eigenvalue weighted by atomic mass is 35.5. The van der Waals surface area contributed by atoms with E-state index in [2.05, 4.69) is 18.2 Å². The first kappa shape index (κ1) is 9.47. The van der Waals surface area contributed by atoms with Crippen molar-refractivity contribution < 1.29 is 0 Å². The third kappa shape index (κ3) is 1.83. The van der Waals surface area contributed by atoms with E-state index in [0.717, 1.165) is 5.02 Å². The van der Waals surface area contributed by atoms with E-state index in [4.69, 9.17) is 11.6 Å². The third-order valence-electron chi connectivity index (χ3n) is 3.80. The van der Waals surface area contributed by atoms with E-state index in [1.54, 1.807) is 0 Å². The molecule has 1 aromatic rings. The fourth-order valence-corrected chi connectivity index (χ4v) is 2.73. The smallest absolute Gasteiger partial charge is 0.0406 e. The number of rotatable bonds is 1. The van der Waals surface area contributed by atoms with Gasteiger partial charge >= 0.3 is 0 Å². The summed E-state index contributed by atoms with van der Waals surface area (Å²) in [5.74, 6) is 0. The molecule has 0 aliphatic heterocycles. The standard InChI is InChI=1S/C14H15Cl/c15-13-5-3-11(4-6-13)12-2-1-7-14(10-12)8-9-14/h2-6H,1,7-10H2. The van der Waals surface area contributed by atoms with Gasteiger partial charge in [-0.05, 0) is 60.8 Å². The van der Waals surface area contributed by atoms with Gasteiger partial charge in [-0.1, -0.05) is 29.8 Å². The summed E-state index contributed by atoms with van der Waals surface area (Å²) in [6, 6.07) is 8.28. The van der Waals surface area contributed by atoms with Crippen molar-refractivity contribution in [1.82, 2.24) is 0 Å². The summed E-state index contributed by atoms with van der Waals surface area (Å²) in [6.45, 7) is 0. The molecular formula is C14H15Cl. The second-order valence-electron chi connectivity index (χ2n) is 4.95. The van der Waals surface area contributed by atoms with E-state index in [9.17, 15) is 0 Å². The Morgan fingerprint density at radius 3 is 2.40 bits per heavy atom. The molecule has 0 saturated heterocycles. The van der Waals surface area contributed by atoms with Crippen LogP contribution in [0.2, 0.25) is 5.02 Å². The zero-order valence-corrected chi connectivity index (χ0v) is 9.56. The molecule has 1 aromatic carbocycles. The topological polar surface area (TPSA) is 0 Å². The monoisotopic (exact) mass is 218 g/mol. The lowest BCUT2D eigenvalue weighted by molar-refractivity contribution is 0.469. The van der Waals surface area contributed by atoms with Gasteiger partial charge in [0.2, 0.25) is 0 Å². The third-order valence-corrected chi connectivity index (χ3v) is 4.05. The summed E-state index contributed by atoms with van der Waals surface area (Å²) in [5, 5.41) is 0.830. The Labute approximate surface area is 96.0 Å². The molecular weight excluding hydrogens is 204 g/mol. The van der Waals surface area contributed by atoms with Crippen LogP contribution in [0.1, 0.15) is 37.7 Å². The number of allylic oxidation sites excluding steroid dienone is 2. The fourth-order valence-electron chi connectivity index (χ4n) is 2.60. The van der Waals surface area contributed by atoms with Crippen LogP contribution in [-0.4, -0.2) is 0 Å². The van der Waals surface area contributed by atoms with Gasteiger partial charge in [0.05, 0.1) is 0 Å². The van der Waals surface area contributed by atoms with Crippen LogP contribution < -0.4 is 0 Å². The van der Waals surface area contributed by atoms with Gasteiger partial charge in [0.25, 0.3) is 0 Å². The zero-order valence-electron chi connectivity index (χ0n) is 8.80. The molecule has 15 heavy (non-hydrogen) atoms. The lowest BCUT2D eigenvalue weighted by Crippen LogP contribution is -2.06. The summed E-state index contributed by atoms with van der Waals surface area (Å²) < 4.78 is 0. The average molecular weight is 219 g/mol. The Kier molecular flexibility index (Phi) is 2.14. The maximum Gasteiger partial charge on any atom is 0.0406 e. The quantitative estimate of drug-likeness (QED) is 0.642. The number of benzene rings is 1. The van der Waals surface area contributed by atoms with Crippen LogP contribution in [0.5, 0.6) is 0 Å². The second-order valence-corrected chi connectivity index (χ2v) is 5.39. The van der Waals surface area contributed by atoms with Crippen molar-refractivity contribution in [2.24, 2.45) is 5.41 Å². The first-order chi connectivity index (χ1) is 7.27. The minimum Gasteiger partial charge on any atom is -0.0843 e. The van der Waals surface area contributed by atoms with E-state index < -0.39 is 0 Å². The molecule has 0 unspecified atom stereocenters. The van der Waals surface area contributed by atoms with Gasteiger partial charge < -0.3 is 0 Å². The lowest BCUT2D eigenvalue weighted by Gasteiger charge is -2.22. The van der Waals surface area contributed by atoms with E-state index in [1.165, 1.54) is 43.2 Å². The van der Waals surface area contributed by atoms with Gasteiger partial charge in [0.15, 0.2) is 0 Å². The summed E-state index contributed by atoms with van der Waals surface area (Å²) >= 11 is 5.90. The van der Waals surface area contributed by atoms with Crippen LogP contribution in [0.25, 0.3) is 5.57 Å². The number of hydrogen-bond acceptors (Lipinski definition) is 0. The molecule has 1 saturated carbocycles. The van der Waals surface area contributed by atoms with Gasteiger partial charge in [0.1, 0.15) is 0 Å². The molecule has 1 spiro atoms. The molecule has 78 valence electrons. The van der Waals surface area contributed by atoms with Crippen molar-refractivity contribution in [2.45, 2.75) is 32.1 Å². The van der Waals surface area contributed by atoms with Crippen LogP contribution >= 0.6 is 11.6 Å². The first-order valence-electron chi connectivity index (χ1n) is 5.73. The number of halogens is 1. The minimum absolute atomic E-state index is 0.698. The first-order valence-corrected chi connectivity index (χ1v) is 6.10. The molecule has 1 fully saturated rings. The SMILES string of the molecule is Clc1ccc(C2=CCCC3(CC3)C2)cc1. The highest BCUT2D eigenvalue weighted by Gasteiger charge is 2.43. The molecule has 2 aliphatic rings. The largest absolute Gasteiger partial charge is 0.0843 e. The van der Waals surface area contributed by atoms with Crippen LogP contribution in [0.4, 0.5) is 0 Å². The van der Waals surface area contributed by atoms with Crippen molar-refractivity contribution in [2.75, 3.05) is 0 Å². The summed E-state index contributed by atoms with van der Waals surface area (Å²) in [4.78, 5) is 0. The van der Waals surface area contributed by atoms with E-state index in [1.807, 2.05) is 12.1 Å². The molecule has 0 nitrogen and oxygen atoms in total. The second kappa shape index (κ2) is 3.38. The predicted molar refractivity (Wildman–Crippen MR) is 64.9 cm³/mol. The number of hydrogen-bond donors (Lipinski definition) is 0. The Morgan fingerprint density at radius 1 is 1.00 bits per heavy atom. The molecule has 1 heteroatoms. The van der Waals surface area contributed by atoms with Crippen molar-refractivity contribution in [3.63, 3.8) is 0 Å². The van der Waals surface area contributed by atoms with Crippen molar-refractivity contribution in [3.8, 4) is 0 Å². The molecule has 0 atom stereocenters. The van der Waals surface area contributed by atoms with Crippen molar-refractivity contribution >= 4 is 17.2 Å². The Morgan fingerprint density at radius 2 is 1.73 bits per heavy atom. The molecule has 0 N–H and O–H groups in total. The van der Waals surface area contributed by atoms with Crippen molar-refractivity contribution in [1.29, 1.82) is 0 Å². The zero-order chi connectivity index (χ0) is 10.3. The fraction of sp³-hybridized carbons (Fsp3) is 0.429. The van der Waals surface area contributed by atoms with Crippen LogP contribution in [0.15, 0.2) is 30.3 Å². The Balaban J connectivity index is 1.87. The molecule has 0 heterocycles. The summed E-state index contributed by atoms with van der Waals surface area (Å²) in [7, 11) is 0. The Bertz CT molecular complexity index is 396. The lowest BCUT2D eigenvalue weighted by atomic mass is 9.83. The highest BCUT2D eigenvalue weighted by molar-refractivity contribution is 6.30. The van der Waals surface area contributed by atoms with E-state index >= 15 is 0 Å². The normalized spacial score (nSPS) is 22.6. The van der Waals surface area contributed by atoms with E-state index in [-0.39, 0.29) is 0 Å². The summed E-state index contributed by atoms with van der Waals surface area (Å²) in [6.07, 6.45) is 9.25. The van der Waals surface area contributed by atoms with Gasteiger partial charge in [-0.15, -0.1) is 0 Å². The molecule has 0 amide bonds. The van der Waals surface area contributed by atoms with Crippen LogP contribution in [-0.2, 0) is 0 Å². The van der Waals surface area contributed by atoms with Gasteiger partial charge in [0, 0.05) is 5.02 Å². The maximum absolute atomic E-state index is 5.90.